The van der Waals surface area contributed by atoms with E-state index in [0.29, 0.717) is 6.04 Å². The van der Waals surface area contributed by atoms with Gasteiger partial charge in [0.05, 0.1) is 16.6 Å². The highest BCUT2D eigenvalue weighted by atomic mass is 16.4. The number of fused-ring (bicyclic) bond motifs is 1. The lowest BCUT2D eigenvalue weighted by atomic mass is 10.2. The van der Waals surface area contributed by atoms with E-state index in [1.165, 1.54) is 0 Å². The SMILES string of the molecule is CCCc1nc2cc(C(=O)O)ccc2n1C(C)CN(C)C. The Bertz CT molecular complexity index is 646. The van der Waals surface area contributed by atoms with Crippen LogP contribution in [0.3, 0.4) is 0 Å². The van der Waals surface area contributed by atoms with Crippen molar-refractivity contribution in [2.45, 2.75) is 32.7 Å². The lowest BCUT2D eigenvalue weighted by Crippen LogP contribution is -2.23. The van der Waals surface area contributed by atoms with Crippen molar-refractivity contribution in [3.63, 3.8) is 0 Å². The number of imidazole rings is 1. The zero-order valence-corrected chi connectivity index (χ0v) is 13.1. The minimum absolute atomic E-state index is 0.287. The van der Waals surface area contributed by atoms with Crippen LogP contribution in [0.1, 0.15) is 42.5 Å². The Hall–Kier alpha value is -1.88. The normalized spacial score (nSPS) is 13.0. The predicted molar refractivity (Wildman–Crippen MR) is 84.0 cm³/mol. The van der Waals surface area contributed by atoms with Crippen molar-refractivity contribution in [3.05, 3.63) is 29.6 Å². The number of carboxylic acid groups (broad SMARTS) is 1. The van der Waals surface area contributed by atoms with Gasteiger partial charge in [-0.15, -0.1) is 0 Å². The van der Waals surface area contributed by atoms with Crippen LogP contribution in [0.25, 0.3) is 11.0 Å². The molecule has 2 aromatic rings. The molecule has 0 spiro atoms. The molecule has 0 bridgehead atoms. The van der Waals surface area contributed by atoms with E-state index in [2.05, 4.69) is 42.4 Å². The minimum Gasteiger partial charge on any atom is -0.478 e. The number of carboxylic acids is 1. The van der Waals surface area contributed by atoms with Crippen LogP contribution in [0.15, 0.2) is 18.2 Å². The standard InChI is InChI=1S/C16H23N3O2/c1-5-6-15-17-13-9-12(16(20)21)7-8-14(13)19(15)11(2)10-18(3)4/h7-9,11H,5-6,10H2,1-4H3,(H,20,21). The first-order valence-corrected chi connectivity index (χ1v) is 7.33. The molecule has 0 aliphatic carbocycles. The number of carbonyl (C=O) groups is 1. The molecule has 0 amide bonds. The fourth-order valence-corrected chi connectivity index (χ4v) is 2.78. The first-order chi connectivity index (χ1) is 9.93. The Balaban J connectivity index is 2.54. The van der Waals surface area contributed by atoms with E-state index in [0.717, 1.165) is 36.2 Å². The lowest BCUT2D eigenvalue weighted by molar-refractivity contribution is 0.0697. The average molecular weight is 289 g/mol. The summed E-state index contributed by atoms with van der Waals surface area (Å²) in [6.45, 7) is 5.22. The van der Waals surface area contributed by atoms with Crippen molar-refractivity contribution in [2.24, 2.45) is 0 Å². The fourth-order valence-electron chi connectivity index (χ4n) is 2.78. The van der Waals surface area contributed by atoms with Crippen LogP contribution < -0.4 is 0 Å². The van der Waals surface area contributed by atoms with Crippen LogP contribution in [0.2, 0.25) is 0 Å². The van der Waals surface area contributed by atoms with Crippen LogP contribution >= 0.6 is 0 Å². The summed E-state index contributed by atoms with van der Waals surface area (Å²) in [7, 11) is 4.11. The van der Waals surface area contributed by atoms with E-state index in [-0.39, 0.29) is 5.56 Å². The molecule has 1 heterocycles. The van der Waals surface area contributed by atoms with Gasteiger partial charge in [0.1, 0.15) is 5.82 Å². The summed E-state index contributed by atoms with van der Waals surface area (Å²) in [4.78, 5) is 17.9. The second-order valence-corrected chi connectivity index (χ2v) is 5.77. The number of benzene rings is 1. The molecule has 0 aliphatic heterocycles. The van der Waals surface area contributed by atoms with Crippen molar-refractivity contribution in [3.8, 4) is 0 Å². The van der Waals surface area contributed by atoms with Crippen molar-refractivity contribution in [1.82, 2.24) is 14.5 Å². The topological polar surface area (TPSA) is 58.4 Å². The number of nitrogens with zero attached hydrogens (tertiary/aromatic N) is 3. The molecule has 1 unspecified atom stereocenters. The Kier molecular flexibility index (Phi) is 4.63. The highest BCUT2D eigenvalue weighted by molar-refractivity contribution is 5.92. The summed E-state index contributed by atoms with van der Waals surface area (Å²) in [5.74, 6) is 0.120. The molecular formula is C16H23N3O2. The molecule has 5 heteroatoms. The fraction of sp³-hybridized carbons (Fsp3) is 0.500. The van der Waals surface area contributed by atoms with E-state index in [1.54, 1.807) is 12.1 Å². The van der Waals surface area contributed by atoms with Crippen molar-refractivity contribution in [1.29, 1.82) is 0 Å². The largest absolute Gasteiger partial charge is 0.478 e. The van der Waals surface area contributed by atoms with E-state index in [4.69, 9.17) is 5.11 Å². The molecule has 1 aromatic carbocycles. The van der Waals surface area contributed by atoms with Gasteiger partial charge < -0.3 is 14.6 Å². The van der Waals surface area contributed by atoms with Gasteiger partial charge >= 0.3 is 5.97 Å². The molecule has 1 atom stereocenters. The van der Waals surface area contributed by atoms with Crippen LogP contribution in [-0.2, 0) is 6.42 Å². The van der Waals surface area contributed by atoms with Crippen molar-refractivity contribution >= 4 is 17.0 Å². The van der Waals surface area contributed by atoms with Crippen molar-refractivity contribution in [2.75, 3.05) is 20.6 Å². The third-order valence-electron chi connectivity index (χ3n) is 3.55. The zero-order valence-electron chi connectivity index (χ0n) is 13.1. The maximum Gasteiger partial charge on any atom is 0.335 e. The van der Waals surface area contributed by atoms with E-state index in [9.17, 15) is 4.79 Å². The molecule has 0 fully saturated rings. The molecule has 0 saturated heterocycles. The Labute approximate surface area is 125 Å². The van der Waals surface area contributed by atoms with Gasteiger partial charge in [-0.3, -0.25) is 0 Å². The highest BCUT2D eigenvalue weighted by Crippen LogP contribution is 2.23. The molecule has 21 heavy (non-hydrogen) atoms. The Morgan fingerprint density at radius 3 is 2.71 bits per heavy atom. The summed E-state index contributed by atoms with van der Waals surface area (Å²) in [5.41, 5.74) is 2.07. The molecule has 2 rings (SSSR count). The van der Waals surface area contributed by atoms with Crippen LogP contribution in [0.4, 0.5) is 0 Å². The average Bonchev–Trinajstić information content (AvgIpc) is 2.75. The smallest absolute Gasteiger partial charge is 0.335 e. The molecule has 0 aliphatic rings. The predicted octanol–water partition coefficient (Wildman–Crippen LogP) is 2.81. The number of rotatable bonds is 6. The van der Waals surface area contributed by atoms with Gasteiger partial charge in [0.2, 0.25) is 0 Å². The zero-order chi connectivity index (χ0) is 15.6. The molecule has 1 N–H and O–H groups in total. The second-order valence-electron chi connectivity index (χ2n) is 5.77. The van der Waals surface area contributed by atoms with Gasteiger partial charge in [-0.05, 0) is 45.6 Å². The van der Waals surface area contributed by atoms with Gasteiger partial charge in [-0.1, -0.05) is 6.92 Å². The summed E-state index contributed by atoms with van der Waals surface area (Å²) in [6.07, 6.45) is 1.92. The van der Waals surface area contributed by atoms with Gasteiger partial charge in [0, 0.05) is 19.0 Å². The summed E-state index contributed by atoms with van der Waals surface area (Å²) in [6, 6.07) is 5.48. The number of hydrogen-bond donors (Lipinski definition) is 1. The summed E-state index contributed by atoms with van der Waals surface area (Å²) < 4.78 is 2.24. The van der Waals surface area contributed by atoms with Crippen LogP contribution in [-0.4, -0.2) is 46.2 Å². The second kappa shape index (κ2) is 6.26. The minimum atomic E-state index is -0.912. The number of aryl methyl sites for hydroxylation is 1. The first kappa shape index (κ1) is 15.5. The molecule has 1 aromatic heterocycles. The van der Waals surface area contributed by atoms with Gasteiger partial charge in [-0.2, -0.15) is 0 Å². The van der Waals surface area contributed by atoms with E-state index in [1.807, 2.05) is 6.07 Å². The van der Waals surface area contributed by atoms with Crippen LogP contribution in [0, 0.1) is 0 Å². The third kappa shape index (κ3) is 3.24. The molecule has 5 nitrogen and oxygen atoms in total. The lowest BCUT2D eigenvalue weighted by Gasteiger charge is -2.21. The summed E-state index contributed by atoms with van der Waals surface area (Å²) >= 11 is 0. The highest BCUT2D eigenvalue weighted by Gasteiger charge is 2.17. The molecular weight excluding hydrogens is 266 g/mol. The van der Waals surface area contributed by atoms with E-state index < -0.39 is 5.97 Å². The van der Waals surface area contributed by atoms with Gasteiger partial charge in [0.15, 0.2) is 0 Å². The molecule has 0 saturated carbocycles. The monoisotopic (exact) mass is 289 g/mol. The first-order valence-electron chi connectivity index (χ1n) is 7.33. The van der Waals surface area contributed by atoms with Crippen LogP contribution in [0.5, 0.6) is 0 Å². The quantitative estimate of drug-likeness (QED) is 0.888. The third-order valence-corrected chi connectivity index (χ3v) is 3.55. The van der Waals surface area contributed by atoms with E-state index >= 15 is 0 Å². The Morgan fingerprint density at radius 2 is 2.14 bits per heavy atom. The molecule has 114 valence electrons. The molecule has 0 radical (unpaired) electrons. The maximum absolute atomic E-state index is 11.1. The summed E-state index contributed by atoms with van der Waals surface area (Å²) in [5, 5.41) is 9.11. The van der Waals surface area contributed by atoms with Gasteiger partial charge in [0.25, 0.3) is 0 Å². The maximum atomic E-state index is 11.1. The van der Waals surface area contributed by atoms with Gasteiger partial charge in [-0.25, -0.2) is 9.78 Å². The number of aromatic carboxylic acids is 1. The number of hydrogen-bond acceptors (Lipinski definition) is 3. The number of likely N-dealkylation sites (N-methyl/N-ethyl adjacent to an activating group) is 1. The Morgan fingerprint density at radius 1 is 1.43 bits per heavy atom. The van der Waals surface area contributed by atoms with Crippen molar-refractivity contribution < 1.29 is 9.90 Å². The number of aromatic nitrogens is 2.